The monoisotopic (exact) mass is 429 g/mol. The molecule has 0 saturated carbocycles. The van der Waals surface area contributed by atoms with E-state index in [9.17, 15) is 13.6 Å². The molecule has 0 radical (unpaired) electrons. The zero-order chi connectivity index (χ0) is 21.1. The van der Waals surface area contributed by atoms with Gasteiger partial charge in [-0.2, -0.15) is 0 Å². The van der Waals surface area contributed by atoms with Crippen LogP contribution < -0.4 is 4.90 Å². The summed E-state index contributed by atoms with van der Waals surface area (Å²) in [5.41, 5.74) is 1.33. The highest BCUT2D eigenvalue weighted by Crippen LogP contribution is 2.25. The van der Waals surface area contributed by atoms with Crippen molar-refractivity contribution in [3.63, 3.8) is 0 Å². The molecule has 1 saturated heterocycles. The number of halogens is 2. The molecule has 4 rings (SSSR count). The van der Waals surface area contributed by atoms with E-state index in [1.165, 1.54) is 30.0 Å². The van der Waals surface area contributed by atoms with Crippen molar-refractivity contribution in [2.24, 2.45) is 7.05 Å². The van der Waals surface area contributed by atoms with Crippen LogP contribution in [0.15, 0.2) is 53.7 Å². The maximum Gasteiger partial charge on any atom is 0.233 e. The molecule has 30 heavy (non-hydrogen) atoms. The fourth-order valence-electron chi connectivity index (χ4n) is 3.40. The molecule has 2 aromatic carbocycles. The molecule has 1 amide bonds. The Labute approximate surface area is 177 Å². The van der Waals surface area contributed by atoms with Crippen molar-refractivity contribution in [2.45, 2.75) is 5.16 Å². The molecule has 1 fully saturated rings. The predicted octanol–water partition coefficient (Wildman–Crippen LogP) is 3.20. The average Bonchev–Trinajstić information content (AvgIpc) is 3.13. The zero-order valence-corrected chi connectivity index (χ0v) is 17.3. The molecule has 156 valence electrons. The zero-order valence-electron chi connectivity index (χ0n) is 16.5. The van der Waals surface area contributed by atoms with Crippen LogP contribution in [0.4, 0.5) is 14.5 Å². The van der Waals surface area contributed by atoms with Crippen molar-refractivity contribution in [1.29, 1.82) is 0 Å². The second-order valence-corrected chi connectivity index (χ2v) is 7.92. The minimum atomic E-state index is -0.361. The first-order valence-corrected chi connectivity index (χ1v) is 10.6. The van der Waals surface area contributed by atoms with E-state index < -0.39 is 0 Å². The fraction of sp³-hybridized carbons (Fsp3) is 0.286. The number of thioether (sulfide) groups is 1. The van der Waals surface area contributed by atoms with E-state index in [0.717, 1.165) is 5.69 Å². The Kier molecular flexibility index (Phi) is 5.98. The topological polar surface area (TPSA) is 54.3 Å². The number of hydrogen-bond donors (Lipinski definition) is 0. The summed E-state index contributed by atoms with van der Waals surface area (Å²) in [4.78, 5) is 16.6. The SMILES string of the molecule is Cn1c(SCC(=O)N2CCN(c3ccc(F)cc3)CC2)nnc1-c1ccccc1F. The van der Waals surface area contributed by atoms with E-state index in [2.05, 4.69) is 15.1 Å². The minimum Gasteiger partial charge on any atom is -0.368 e. The van der Waals surface area contributed by atoms with Gasteiger partial charge in [0.25, 0.3) is 0 Å². The Hall–Kier alpha value is -2.94. The van der Waals surface area contributed by atoms with Gasteiger partial charge >= 0.3 is 0 Å². The molecule has 1 aliphatic rings. The lowest BCUT2D eigenvalue weighted by atomic mass is 10.2. The van der Waals surface area contributed by atoms with Crippen LogP contribution in [-0.4, -0.2) is 57.5 Å². The van der Waals surface area contributed by atoms with Crippen molar-refractivity contribution in [3.8, 4) is 11.4 Å². The maximum absolute atomic E-state index is 14.0. The minimum absolute atomic E-state index is 0.0224. The Balaban J connectivity index is 1.32. The van der Waals surface area contributed by atoms with Crippen molar-refractivity contribution in [2.75, 3.05) is 36.8 Å². The van der Waals surface area contributed by atoms with E-state index in [1.54, 1.807) is 41.9 Å². The van der Waals surface area contributed by atoms with Gasteiger partial charge in [-0.25, -0.2) is 8.78 Å². The number of rotatable bonds is 5. The summed E-state index contributed by atoms with van der Waals surface area (Å²) in [7, 11) is 1.76. The van der Waals surface area contributed by atoms with E-state index in [0.29, 0.717) is 42.7 Å². The number of benzene rings is 2. The van der Waals surface area contributed by atoms with Gasteiger partial charge in [0.05, 0.1) is 11.3 Å². The Morgan fingerprint density at radius 2 is 1.70 bits per heavy atom. The number of carbonyl (C=O) groups excluding carboxylic acids is 1. The lowest BCUT2D eigenvalue weighted by Gasteiger charge is -2.36. The van der Waals surface area contributed by atoms with Gasteiger partial charge in [-0.3, -0.25) is 4.79 Å². The Morgan fingerprint density at radius 3 is 2.40 bits per heavy atom. The Morgan fingerprint density at radius 1 is 1.00 bits per heavy atom. The summed E-state index contributed by atoms with van der Waals surface area (Å²) >= 11 is 1.29. The molecule has 9 heteroatoms. The van der Waals surface area contributed by atoms with Crippen molar-refractivity contribution >= 4 is 23.4 Å². The second-order valence-electron chi connectivity index (χ2n) is 6.98. The van der Waals surface area contributed by atoms with Crippen molar-refractivity contribution in [3.05, 3.63) is 60.2 Å². The highest BCUT2D eigenvalue weighted by molar-refractivity contribution is 7.99. The summed E-state index contributed by atoms with van der Waals surface area (Å²) in [5, 5.41) is 8.75. The molecule has 0 bridgehead atoms. The van der Waals surface area contributed by atoms with E-state index in [4.69, 9.17) is 0 Å². The molecule has 0 atom stereocenters. The number of carbonyl (C=O) groups is 1. The third kappa shape index (κ3) is 4.30. The number of hydrogen-bond acceptors (Lipinski definition) is 5. The molecular formula is C21H21F2N5OS. The lowest BCUT2D eigenvalue weighted by Crippen LogP contribution is -2.49. The van der Waals surface area contributed by atoms with E-state index in [1.807, 2.05) is 4.90 Å². The van der Waals surface area contributed by atoms with Gasteiger partial charge in [-0.1, -0.05) is 23.9 Å². The van der Waals surface area contributed by atoms with E-state index in [-0.39, 0.29) is 23.3 Å². The molecule has 0 unspecified atom stereocenters. The molecule has 3 aromatic rings. The van der Waals surface area contributed by atoms with Gasteiger partial charge < -0.3 is 14.4 Å². The van der Waals surface area contributed by atoms with Gasteiger partial charge in [0.15, 0.2) is 11.0 Å². The maximum atomic E-state index is 14.0. The molecule has 2 heterocycles. The van der Waals surface area contributed by atoms with Crippen molar-refractivity contribution < 1.29 is 13.6 Å². The first-order valence-electron chi connectivity index (χ1n) is 9.58. The summed E-state index contributed by atoms with van der Waals surface area (Å²) in [6.45, 7) is 2.61. The van der Waals surface area contributed by atoms with Crippen LogP contribution in [0.5, 0.6) is 0 Å². The smallest absolute Gasteiger partial charge is 0.233 e. The molecule has 1 aromatic heterocycles. The third-order valence-corrected chi connectivity index (χ3v) is 6.10. The summed E-state index contributed by atoms with van der Waals surface area (Å²) in [6, 6.07) is 12.8. The first kappa shape index (κ1) is 20.3. The van der Waals surface area contributed by atoms with Gasteiger partial charge in [-0.05, 0) is 36.4 Å². The predicted molar refractivity (Wildman–Crippen MR) is 112 cm³/mol. The first-order chi connectivity index (χ1) is 14.5. The van der Waals surface area contributed by atoms with Crippen LogP contribution in [0, 0.1) is 11.6 Å². The number of piperazine rings is 1. The van der Waals surface area contributed by atoms with Crippen LogP contribution >= 0.6 is 11.8 Å². The van der Waals surface area contributed by atoms with Gasteiger partial charge in [-0.15, -0.1) is 10.2 Å². The molecule has 6 nitrogen and oxygen atoms in total. The summed E-state index contributed by atoms with van der Waals surface area (Å²) < 4.78 is 28.8. The third-order valence-electron chi connectivity index (χ3n) is 5.10. The molecule has 1 aliphatic heterocycles. The quantitative estimate of drug-likeness (QED) is 0.583. The van der Waals surface area contributed by atoms with Crippen LogP contribution in [0.25, 0.3) is 11.4 Å². The van der Waals surface area contributed by atoms with Gasteiger partial charge in [0.2, 0.25) is 5.91 Å². The largest absolute Gasteiger partial charge is 0.368 e. The molecular weight excluding hydrogens is 408 g/mol. The average molecular weight is 429 g/mol. The van der Waals surface area contributed by atoms with Gasteiger partial charge in [0.1, 0.15) is 11.6 Å². The van der Waals surface area contributed by atoms with E-state index >= 15 is 0 Å². The highest BCUT2D eigenvalue weighted by atomic mass is 32.2. The lowest BCUT2D eigenvalue weighted by molar-refractivity contribution is -0.128. The van der Waals surface area contributed by atoms with Crippen LogP contribution in [0.1, 0.15) is 0 Å². The number of nitrogens with zero attached hydrogens (tertiary/aromatic N) is 5. The number of aromatic nitrogens is 3. The summed E-state index contributed by atoms with van der Waals surface area (Å²) in [6.07, 6.45) is 0. The van der Waals surface area contributed by atoms with Crippen molar-refractivity contribution in [1.82, 2.24) is 19.7 Å². The fourth-order valence-corrected chi connectivity index (χ4v) is 4.22. The normalized spacial score (nSPS) is 14.2. The molecule has 0 N–H and O–H groups in total. The van der Waals surface area contributed by atoms with Crippen LogP contribution in [0.3, 0.4) is 0 Å². The number of anilines is 1. The summed E-state index contributed by atoms with van der Waals surface area (Å²) in [5.74, 6) is 0.0658. The second kappa shape index (κ2) is 8.83. The van der Waals surface area contributed by atoms with Crippen LogP contribution in [-0.2, 0) is 11.8 Å². The standard InChI is InChI=1S/C21H21F2N5OS/c1-26-20(17-4-2-3-5-18(17)23)24-25-21(26)30-14-19(29)28-12-10-27(11-13-28)16-8-6-15(22)7-9-16/h2-9H,10-14H2,1H3. The number of amides is 1. The van der Waals surface area contributed by atoms with Gasteiger partial charge in [0, 0.05) is 38.9 Å². The molecule has 0 spiro atoms. The van der Waals surface area contributed by atoms with Crippen LogP contribution in [0.2, 0.25) is 0 Å². The Bertz CT molecular complexity index is 1030. The molecule has 0 aliphatic carbocycles. The highest BCUT2D eigenvalue weighted by Gasteiger charge is 2.22.